The Morgan fingerprint density at radius 3 is 2.42 bits per heavy atom. The molecular weight excluding hydrogens is 238 g/mol. The minimum absolute atomic E-state index is 0.0979. The molecule has 0 atom stereocenters. The summed E-state index contributed by atoms with van der Waals surface area (Å²) >= 11 is 0. The van der Waals surface area contributed by atoms with Crippen LogP contribution in [0.15, 0.2) is 23.3 Å². The maximum Gasteiger partial charge on any atom is 0.306 e. The fourth-order valence-electron chi connectivity index (χ4n) is 1.56. The molecule has 0 amide bonds. The van der Waals surface area contributed by atoms with E-state index in [1.165, 1.54) is 5.57 Å². The molecular formula is C16H29NO2. The fraction of sp³-hybridized carbons (Fsp3) is 0.688. The van der Waals surface area contributed by atoms with Gasteiger partial charge >= 0.3 is 5.97 Å². The number of esters is 1. The summed E-state index contributed by atoms with van der Waals surface area (Å²) < 4.78 is 5.23. The first-order valence-corrected chi connectivity index (χ1v) is 7.03. The SMILES string of the molecule is C/C=C(\C)CC/C=C(\C)COC(=O)CCCN(C)C. The number of ether oxygens (including phenoxy) is 1. The lowest BCUT2D eigenvalue weighted by atomic mass is 10.1. The first-order valence-electron chi connectivity index (χ1n) is 7.03. The topological polar surface area (TPSA) is 29.5 Å². The maximum atomic E-state index is 11.5. The summed E-state index contributed by atoms with van der Waals surface area (Å²) in [5.41, 5.74) is 2.52. The highest BCUT2D eigenvalue weighted by Crippen LogP contribution is 2.07. The Bertz CT molecular complexity index is 317. The molecule has 0 aromatic rings. The number of nitrogens with zero attached hydrogens (tertiary/aromatic N) is 1. The van der Waals surface area contributed by atoms with Crippen LogP contribution >= 0.6 is 0 Å². The zero-order valence-corrected chi connectivity index (χ0v) is 13.2. The predicted octanol–water partition coefficient (Wildman–Crippen LogP) is 3.56. The first-order chi connectivity index (χ1) is 8.95. The number of hydrogen-bond acceptors (Lipinski definition) is 3. The number of carbonyl (C=O) groups is 1. The number of carbonyl (C=O) groups excluding carboxylic acids is 1. The van der Waals surface area contributed by atoms with Gasteiger partial charge in [0.1, 0.15) is 6.61 Å². The van der Waals surface area contributed by atoms with Gasteiger partial charge in [-0.25, -0.2) is 0 Å². The molecule has 0 spiro atoms. The van der Waals surface area contributed by atoms with Gasteiger partial charge in [0.2, 0.25) is 0 Å². The highest BCUT2D eigenvalue weighted by Gasteiger charge is 2.03. The number of allylic oxidation sites excluding steroid dienone is 3. The molecule has 0 saturated heterocycles. The van der Waals surface area contributed by atoms with Crippen molar-refractivity contribution in [2.24, 2.45) is 0 Å². The van der Waals surface area contributed by atoms with E-state index in [0.29, 0.717) is 13.0 Å². The quantitative estimate of drug-likeness (QED) is 0.472. The summed E-state index contributed by atoms with van der Waals surface area (Å²) in [6.07, 6.45) is 7.73. The van der Waals surface area contributed by atoms with Crippen molar-refractivity contribution in [3.8, 4) is 0 Å². The van der Waals surface area contributed by atoms with Gasteiger partial charge in [-0.3, -0.25) is 4.79 Å². The lowest BCUT2D eigenvalue weighted by Gasteiger charge is -2.09. The largest absolute Gasteiger partial charge is 0.461 e. The van der Waals surface area contributed by atoms with Gasteiger partial charge in [0.15, 0.2) is 0 Å². The Labute approximate surface area is 118 Å². The minimum Gasteiger partial charge on any atom is -0.461 e. The van der Waals surface area contributed by atoms with Crippen molar-refractivity contribution >= 4 is 5.97 Å². The summed E-state index contributed by atoms with van der Waals surface area (Å²) in [6.45, 7) is 7.55. The van der Waals surface area contributed by atoms with Crippen molar-refractivity contribution in [3.05, 3.63) is 23.3 Å². The molecule has 0 aliphatic rings. The zero-order valence-electron chi connectivity index (χ0n) is 13.2. The summed E-state index contributed by atoms with van der Waals surface area (Å²) in [5, 5.41) is 0. The molecule has 110 valence electrons. The lowest BCUT2D eigenvalue weighted by molar-refractivity contribution is -0.142. The predicted molar refractivity (Wildman–Crippen MR) is 81.2 cm³/mol. The maximum absolute atomic E-state index is 11.5. The third kappa shape index (κ3) is 11.7. The summed E-state index contributed by atoms with van der Waals surface area (Å²) in [6, 6.07) is 0. The van der Waals surface area contributed by atoms with Crippen LogP contribution in [0.5, 0.6) is 0 Å². The molecule has 3 nitrogen and oxygen atoms in total. The minimum atomic E-state index is -0.0979. The highest BCUT2D eigenvalue weighted by molar-refractivity contribution is 5.69. The summed E-state index contributed by atoms with van der Waals surface area (Å²) in [4.78, 5) is 13.6. The van der Waals surface area contributed by atoms with Crippen LogP contribution in [-0.4, -0.2) is 38.1 Å². The van der Waals surface area contributed by atoms with Gasteiger partial charge in [-0.2, -0.15) is 0 Å². The van der Waals surface area contributed by atoms with Crippen molar-refractivity contribution in [1.29, 1.82) is 0 Å². The van der Waals surface area contributed by atoms with E-state index >= 15 is 0 Å². The third-order valence-corrected chi connectivity index (χ3v) is 2.97. The van der Waals surface area contributed by atoms with E-state index in [2.05, 4.69) is 30.9 Å². The van der Waals surface area contributed by atoms with Gasteiger partial charge in [0.05, 0.1) is 0 Å². The second-order valence-corrected chi connectivity index (χ2v) is 5.29. The molecule has 3 heteroatoms. The van der Waals surface area contributed by atoms with E-state index in [9.17, 15) is 4.79 Å². The van der Waals surface area contributed by atoms with Crippen LogP contribution in [0.25, 0.3) is 0 Å². The highest BCUT2D eigenvalue weighted by atomic mass is 16.5. The van der Waals surface area contributed by atoms with E-state index in [-0.39, 0.29) is 5.97 Å². The van der Waals surface area contributed by atoms with Gasteiger partial charge in [0.25, 0.3) is 0 Å². The number of hydrogen-bond donors (Lipinski definition) is 0. The standard InChI is InChI=1S/C16H29NO2/c1-6-14(2)9-7-10-15(3)13-19-16(18)11-8-12-17(4)5/h6,10H,7-9,11-13H2,1-5H3/b14-6+,15-10+. The average molecular weight is 267 g/mol. The smallest absolute Gasteiger partial charge is 0.306 e. The van der Waals surface area contributed by atoms with Crippen LogP contribution in [0, 0.1) is 0 Å². The van der Waals surface area contributed by atoms with Crippen LogP contribution < -0.4 is 0 Å². The molecule has 0 rings (SSSR count). The Kier molecular flexibility index (Phi) is 10.2. The van der Waals surface area contributed by atoms with Crippen molar-refractivity contribution in [2.75, 3.05) is 27.2 Å². The van der Waals surface area contributed by atoms with Gasteiger partial charge in [-0.1, -0.05) is 17.7 Å². The Balaban J connectivity index is 3.73. The van der Waals surface area contributed by atoms with Gasteiger partial charge in [-0.15, -0.1) is 0 Å². The van der Waals surface area contributed by atoms with Crippen LogP contribution in [0.2, 0.25) is 0 Å². The van der Waals surface area contributed by atoms with Crippen LogP contribution in [0.3, 0.4) is 0 Å². The molecule has 19 heavy (non-hydrogen) atoms. The molecule has 0 bridgehead atoms. The second-order valence-electron chi connectivity index (χ2n) is 5.29. The molecule has 0 unspecified atom stereocenters. The van der Waals surface area contributed by atoms with Gasteiger partial charge < -0.3 is 9.64 Å². The molecule has 0 aliphatic heterocycles. The van der Waals surface area contributed by atoms with Gasteiger partial charge in [0, 0.05) is 6.42 Å². The Morgan fingerprint density at radius 2 is 1.84 bits per heavy atom. The molecule has 0 aromatic heterocycles. The molecule has 0 aliphatic carbocycles. The summed E-state index contributed by atoms with van der Waals surface area (Å²) in [7, 11) is 4.01. The fourth-order valence-corrected chi connectivity index (χ4v) is 1.56. The molecule has 0 heterocycles. The molecule has 0 aromatic carbocycles. The van der Waals surface area contributed by atoms with Gasteiger partial charge in [-0.05, 0) is 66.2 Å². The molecule has 0 fully saturated rings. The van der Waals surface area contributed by atoms with E-state index in [1.54, 1.807) is 0 Å². The van der Waals surface area contributed by atoms with Crippen molar-refractivity contribution < 1.29 is 9.53 Å². The molecule has 0 N–H and O–H groups in total. The van der Waals surface area contributed by atoms with E-state index in [4.69, 9.17) is 4.74 Å². The second kappa shape index (κ2) is 10.8. The van der Waals surface area contributed by atoms with E-state index in [1.807, 2.05) is 21.0 Å². The van der Waals surface area contributed by atoms with E-state index < -0.39 is 0 Å². The van der Waals surface area contributed by atoms with Crippen molar-refractivity contribution in [3.63, 3.8) is 0 Å². The zero-order chi connectivity index (χ0) is 14.7. The molecule has 0 radical (unpaired) electrons. The van der Waals surface area contributed by atoms with Crippen molar-refractivity contribution in [1.82, 2.24) is 4.90 Å². The van der Waals surface area contributed by atoms with Crippen LogP contribution in [0.1, 0.15) is 46.5 Å². The summed E-state index contributed by atoms with van der Waals surface area (Å²) in [5.74, 6) is -0.0979. The number of rotatable bonds is 9. The van der Waals surface area contributed by atoms with Crippen LogP contribution in [0.4, 0.5) is 0 Å². The average Bonchev–Trinajstić information content (AvgIpc) is 2.35. The molecule has 0 saturated carbocycles. The van der Waals surface area contributed by atoms with E-state index in [0.717, 1.165) is 31.4 Å². The third-order valence-electron chi connectivity index (χ3n) is 2.97. The lowest BCUT2D eigenvalue weighted by Crippen LogP contribution is -2.15. The Morgan fingerprint density at radius 1 is 1.16 bits per heavy atom. The first kappa shape index (κ1) is 17.9. The van der Waals surface area contributed by atoms with Crippen LogP contribution in [-0.2, 0) is 9.53 Å². The van der Waals surface area contributed by atoms with Crippen molar-refractivity contribution in [2.45, 2.75) is 46.5 Å². The Hall–Kier alpha value is -1.09. The normalized spacial score (nSPS) is 12.9. The monoisotopic (exact) mass is 267 g/mol.